The van der Waals surface area contributed by atoms with Gasteiger partial charge in [-0.2, -0.15) is 0 Å². The zero-order valence-electron chi connectivity index (χ0n) is 10.9. The molecule has 2 aliphatic heterocycles. The normalized spacial score (nSPS) is 24.8. The van der Waals surface area contributed by atoms with Gasteiger partial charge < -0.3 is 4.90 Å². The Bertz CT molecular complexity index is 511. The second kappa shape index (κ2) is 5.49. The van der Waals surface area contributed by atoms with E-state index in [1.807, 2.05) is 18.2 Å². The summed E-state index contributed by atoms with van der Waals surface area (Å²) in [4.78, 5) is 14.5. The summed E-state index contributed by atoms with van der Waals surface area (Å²) < 4.78 is 1.10. The van der Waals surface area contributed by atoms with E-state index in [-0.39, 0.29) is 0 Å². The number of benzene rings is 1. The number of carbonyl (C=O) groups is 1. The highest BCUT2D eigenvalue weighted by molar-refractivity contribution is 9.10. The van der Waals surface area contributed by atoms with E-state index in [9.17, 15) is 4.79 Å². The van der Waals surface area contributed by atoms with Gasteiger partial charge in [-0.1, -0.05) is 46.3 Å². The van der Waals surface area contributed by atoms with Gasteiger partial charge in [-0.15, -0.1) is 0 Å². The van der Waals surface area contributed by atoms with E-state index >= 15 is 0 Å². The van der Waals surface area contributed by atoms with E-state index in [0.29, 0.717) is 24.4 Å². The molecule has 19 heavy (non-hydrogen) atoms. The molecule has 1 fully saturated rings. The van der Waals surface area contributed by atoms with Crippen molar-refractivity contribution in [2.24, 2.45) is 0 Å². The molecule has 3 rings (SSSR count). The lowest BCUT2D eigenvalue weighted by molar-refractivity contribution is -0.133. The van der Waals surface area contributed by atoms with Gasteiger partial charge in [0.05, 0.1) is 6.04 Å². The van der Waals surface area contributed by atoms with Crippen LogP contribution in [-0.4, -0.2) is 22.9 Å². The minimum absolute atomic E-state index is 0.313. The molecule has 0 aromatic heterocycles. The van der Waals surface area contributed by atoms with Gasteiger partial charge in [-0.05, 0) is 37.3 Å². The first-order chi connectivity index (χ1) is 9.25. The van der Waals surface area contributed by atoms with Crippen LogP contribution in [0.2, 0.25) is 0 Å². The van der Waals surface area contributed by atoms with Gasteiger partial charge in [-0.3, -0.25) is 4.79 Å². The highest BCUT2D eigenvalue weighted by atomic mass is 79.9. The third-order valence-corrected chi connectivity index (χ3v) is 4.94. The molecular formula is C16H18BrNO. The van der Waals surface area contributed by atoms with Crippen LogP contribution in [0.4, 0.5) is 0 Å². The number of rotatable bonds is 3. The molecule has 2 atom stereocenters. The van der Waals surface area contributed by atoms with E-state index in [4.69, 9.17) is 0 Å². The zero-order chi connectivity index (χ0) is 13.2. The summed E-state index contributed by atoms with van der Waals surface area (Å²) in [6, 6.07) is 8.98. The predicted octanol–water partition coefficient (Wildman–Crippen LogP) is 3.70. The molecule has 100 valence electrons. The molecule has 2 bridgehead atoms. The second-order valence-electron chi connectivity index (χ2n) is 5.35. The number of aryl methyl sites for hydroxylation is 1. The Kier molecular flexibility index (Phi) is 3.74. The highest BCUT2D eigenvalue weighted by Crippen LogP contribution is 2.32. The fourth-order valence-electron chi connectivity index (χ4n) is 3.19. The average molecular weight is 320 g/mol. The molecule has 1 amide bonds. The van der Waals surface area contributed by atoms with Gasteiger partial charge in [0, 0.05) is 16.9 Å². The summed E-state index contributed by atoms with van der Waals surface area (Å²) in [6.45, 7) is 0. The molecule has 2 nitrogen and oxygen atoms in total. The van der Waals surface area contributed by atoms with Gasteiger partial charge >= 0.3 is 0 Å². The van der Waals surface area contributed by atoms with Crippen LogP contribution in [0.25, 0.3) is 0 Å². The molecule has 0 N–H and O–H groups in total. The maximum Gasteiger partial charge on any atom is 0.223 e. The summed E-state index contributed by atoms with van der Waals surface area (Å²) in [5, 5.41) is 0. The number of hydrogen-bond donors (Lipinski definition) is 0. The fraction of sp³-hybridized carbons (Fsp3) is 0.438. The Hall–Kier alpha value is -1.09. The standard InChI is InChI=1S/C16H18BrNO/c17-15-7-2-1-4-12(15)8-11-16(19)18-13-5-3-6-14(18)10-9-13/h1-5,7,13-14H,6,8-11H2/t13-,14-/m0/s1. The number of carbonyl (C=O) groups excluding carboxylic acids is 1. The molecule has 1 aromatic carbocycles. The van der Waals surface area contributed by atoms with Gasteiger partial charge in [0.1, 0.15) is 0 Å². The average Bonchev–Trinajstić information content (AvgIpc) is 2.67. The van der Waals surface area contributed by atoms with Gasteiger partial charge in [0.2, 0.25) is 5.91 Å². The smallest absolute Gasteiger partial charge is 0.223 e. The van der Waals surface area contributed by atoms with Gasteiger partial charge in [0.25, 0.3) is 0 Å². The van der Waals surface area contributed by atoms with Crippen LogP contribution >= 0.6 is 15.9 Å². The third-order valence-electron chi connectivity index (χ3n) is 4.17. The van der Waals surface area contributed by atoms with Gasteiger partial charge in [-0.25, -0.2) is 0 Å². The van der Waals surface area contributed by atoms with Crippen molar-refractivity contribution in [2.45, 2.75) is 44.2 Å². The largest absolute Gasteiger partial charge is 0.333 e. The van der Waals surface area contributed by atoms with Crippen molar-refractivity contribution < 1.29 is 4.79 Å². The van der Waals surface area contributed by atoms with Crippen LogP contribution in [0.3, 0.4) is 0 Å². The Morgan fingerprint density at radius 2 is 2.16 bits per heavy atom. The summed E-state index contributed by atoms with van der Waals surface area (Å²) in [6.07, 6.45) is 9.22. The molecule has 0 saturated carbocycles. The first kappa shape index (κ1) is 12.9. The maximum absolute atomic E-state index is 12.4. The van der Waals surface area contributed by atoms with Crippen LogP contribution in [0, 0.1) is 0 Å². The monoisotopic (exact) mass is 319 g/mol. The molecule has 2 heterocycles. The van der Waals surface area contributed by atoms with Crippen molar-refractivity contribution in [1.82, 2.24) is 4.90 Å². The lowest BCUT2D eigenvalue weighted by Gasteiger charge is -2.31. The maximum atomic E-state index is 12.4. The Morgan fingerprint density at radius 3 is 2.95 bits per heavy atom. The molecule has 1 aromatic rings. The summed E-state index contributed by atoms with van der Waals surface area (Å²) in [7, 11) is 0. The van der Waals surface area contributed by atoms with E-state index in [1.165, 1.54) is 12.0 Å². The first-order valence-electron chi connectivity index (χ1n) is 6.97. The Labute approximate surface area is 122 Å². The lowest BCUT2D eigenvalue weighted by Crippen LogP contribution is -2.42. The van der Waals surface area contributed by atoms with E-state index < -0.39 is 0 Å². The quantitative estimate of drug-likeness (QED) is 0.778. The minimum atomic E-state index is 0.313. The Balaban J connectivity index is 1.63. The lowest BCUT2D eigenvalue weighted by atomic mass is 10.1. The van der Waals surface area contributed by atoms with Crippen molar-refractivity contribution in [1.29, 1.82) is 0 Å². The van der Waals surface area contributed by atoms with Crippen LogP contribution in [0.1, 0.15) is 31.2 Å². The van der Waals surface area contributed by atoms with Gasteiger partial charge in [0.15, 0.2) is 0 Å². The SMILES string of the molecule is O=C(CCc1ccccc1Br)N1[C@H]2CC=C[C@H]1CC2. The molecule has 0 unspecified atom stereocenters. The number of halogens is 1. The van der Waals surface area contributed by atoms with Crippen molar-refractivity contribution in [3.63, 3.8) is 0 Å². The van der Waals surface area contributed by atoms with Crippen LogP contribution in [-0.2, 0) is 11.2 Å². The van der Waals surface area contributed by atoms with Crippen molar-refractivity contribution in [3.05, 3.63) is 46.5 Å². The van der Waals surface area contributed by atoms with Crippen molar-refractivity contribution >= 4 is 21.8 Å². The van der Waals surface area contributed by atoms with E-state index in [1.54, 1.807) is 0 Å². The third kappa shape index (κ3) is 2.62. The zero-order valence-corrected chi connectivity index (χ0v) is 12.5. The molecule has 1 saturated heterocycles. The van der Waals surface area contributed by atoms with E-state index in [0.717, 1.165) is 23.7 Å². The molecule has 0 spiro atoms. The van der Waals surface area contributed by atoms with Crippen molar-refractivity contribution in [2.75, 3.05) is 0 Å². The molecular weight excluding hydrogens is 302 g/mol. The molecule has 3 heteroatoms. The molecule has 2 aliphatic rings. The highest BCUT2D eigenvalue weighted by Gasteiger charge is 2.36. The van der Waals surface area contributed by atoms with Crippen LogP contribution < -0.4 is 0 Å². The second-order valence-corrected chi connectivity index (χ2v) is 6.21. The summed E-state index contributed by atoms with van der Waals surface area (Å²) in [5.41, 5.74) is 1.22. The van der Waals surface area contributed by atoms with E-state index in [2.05, 4.69) is 39.0 Å². The first-order valence-corrected chi connectivity index (χ1v) is 7.76. The Morgan fingerprint density at radius 1 is 1.32 bits per heavy atom. The predicted molar refractivity (Wildman–Crippen MR) is 79.9 cm³/mol. The fourth-order valence-corrected chi connectivity index (χ4v) is 3.67. The number of nitrogens with zero attached hydrogens (tertiary/aromatic N) is 1. The summed E-state index contributed by atoms with van der Waals surface area (Å²) in [5.74, 6) is 0.313. The van der Waals surface area contributed by atoms with Crippen LogP contribution in [0.15, 0.2) is 40.9 Å². The van der Waals surface area contributed by atoms with Crippen molar-refractivity contribution in [3.8, 4) is 0 Å². The minimum Gasteiger partial charge on any atom is -0.333 e. The van der Waals surface area contributed by atoms with Crippen LogP contribution in [0.5, 0.6) is 0 Å². The molecule has 0 radical (unpaired) electrons. The summed E-state index contributed by atoms with van der Waals surface area (Å²) >= 11 is 3.54. The topological polar surface area (TPSA) is 20.3 Å². The molecule has 0 aliphatic carbocycles. The number of hydrogen-bond acceptors (Lipinski definition) is 1. The number of fused-ring (bicyclic) bond motifs is 2. The number of amides is 1.